The average Bonchev–Trinajstić information content (AvgIpc) is 3.24. The maximum atomic E-state index is 12.1. The van der Waals surface area contributed by atoms with Gasteiger partial charge in [0.15, 0.2) is 0 Å². The van der Waals surface area contributed by atoms with Crippen LogP contribution in [-0.4, -0.2) is 53.6 Å². The van der Waals surface area contributed by atoms with Crippen LogP contribution in [0.2, 0.25) is 0 Å². The highest BCUT2D eigenvalue weighted by molar-refractivity contribution is 8.00. The van der Waals surface area contributed by atoms with Crippen LogP contribution in [0.1, 0.15) is 70.6 Å². The third-order valence-electron chi connectivity index (χ3n) is 6.00. The predicted molar refractivity (Wildman–Crippen MR) is 119 cm³/mol. The van der Waals surface area contributed by atoms with Gasteiger partial charge in [-0.15, -0.1) is 0 Å². The maximum Gasteiger partial charge on any atom is 0.407 e. The lowest BCUT2D eigenvalue weighted by Gasteiger charge is -2.16. The molecule has 3 rings (SSSR count). The summed E-state index contributed by atoms with van der Waals surface area (Å²) in [6.45, 7) is 0.468. The van der Waals surface area contributed by atoms with Gasteiger partial charge in [0.05, 0.1) is 12.1 Å². The van der Waals surface area contributed by atoms with Crippen LogP contribution in [0.15, 0.2) is 12.2 Å². The molecule has 3 aliphatic rings. The standard InChI is InChI=1S/C22H35N3O4S/c26-16(9-6-7-13-19-20-18(15-30-19)24-21(27)25-20)10-8-14-23-22(28)29-17-11-4-2-1-3-5-12-17/h4,11,17-20H,1-3,5-10,12-15H2,(H,23,28)(H2,24,25,27)/b11-4+. The molecule has 0 spiro atoms. The molecule has 2 heterocycles. The van der Waals surface area contributed by atoms with Gasteiger partial charge >= 0.3 is 12.1 Å². The molecule has 0 radical (unpaired) electrons. The summed E-state index contributed by atoms with van der Waals surface area (Å²) < 4.78 is 5.44. The number of carbonyl (C=O) groups is 3. The molecule has 4 atom stereocenters. The molecule has 30 heavy (non-hydrogen) atoms. The van der Waals surface area contributed by atoms with Gasteiger partial charge in [-0.25, -0.2) is 9.59 Å². The van der Waals surface area contributed by atoms with E-state index in [4.69, 9.17) is 4.74 Å². The Bertz CT molecular complexity index is 628. The van der Waals surface area contributed by atoms with Crippen LogP contribution in [0, 0.1) is 0 Å². The first kappa shape index (κ1) is 23.0. The predicted octanol–water partition coefficient (Wildman–Crippen LogP) is 3.68. The first-order chi connectivity index (χ1) is 14.6. The molecule has 3 amide bonds. The van der Waals surface area contributed by atoms with Gasteiger partial charge in [-0.3, -0.25) is 4.79 Å². The molecule has 0 aromatic carbocycles. The van der Waals surface area contributed by atoms with Crippen molar-refractivity contribution in [3.8, 4) is 0 Å². The summed E-state index contributed by atoms with van der Waals surface area (Å²) in [5.74, 6) is 1.22. The number of ether oxygens (including phenoxy) is 1. The van der Waals surface area contributed by atoms with Gasteiger partial charge in [-0.2, -0.15) is 11.8 Å². The average molecular weight is 438 g/mol. The molecule has 2 aliphatic heterocycles. The van der Waals surface area contributed by atoms with E-state index in [1.54, 1.807) is 0 Å². The van der Waals surface area contributed by atoms with Crippen molar-refractivity contribution in [1.82, 2.24) is 16.0 Å². The fourth-order valence-corrected chi connectivity index (χ4v) is 5.86. The zero-order valence-electron chi connectivity index (χ0n) is 17.7. The van der Waals surface area contributed by atoms with E-state index in [-0.39, 0.29) is 30.0 Å². The summed E-state index contributed by atoms with van der Waals surface area (Å²) in [7, 11) is 0. The number of Topliss-reactive ketones (excluding diaryl/α,β-unsaturated/α-hetero) is 1. The van der Waals surface area contributed by atoms with Crippen LogP contribution in [-0.2, 0) is 9.53 Å². The second-order valence-corrected chi connectivity index (χ2v) is 9.72. The molecular weight excluding hydrogens is 402 g/mol. The zero-order valence-corrected chi connectivity index (χ0v) is 18.5. The molecule has 0 aromatic rings. The van der Waals surface area contributed by atoms with Gasteiger partial charge in [0.1, 0.15) is 11.9 Å². The van der Waals surface area contributed by atoms with Crippen LogP contribution in [0.5, 0.6) is 0 Å². The smallest absolute Gasteiger partial charge is 0.407 e. The van der Waals surface area contributed by atoms with Gasteiger partial charge in [0, 0.05) is 30.4 Å². The molecule has 8 heteroatoms. The van der Waals surface area contributed by atoms with E-state index in [9.17, 15) is 14.4 Å². The summed E-state index contributed by atoms with van der Waals surface area (Å²) in [4.78, 5) is 35.4. The molecule has 2 saturated heterocycles. The molecule has 168 valence electrons. The van der Waals surface area contributed by atoms with E-state index in [2.05, 4.69) is 22.0 Å². The lowest BCUT2D eigenvalue weighted by Crippen LogP contribution is -2.36. The lowest BCUT2D eigenvalue weighted by molar-refractivity contribution is -0.119. The van der Waals surface area contributed by atoms with Gasteiger partial charge in [-0.1, -0.05) is 18.9 Å². The number of hydrogen-bond acceptors (Lipinski definition) is 5. The number of rotatable bonds is 10. The summed E-state index contributed by atoms with van der Waals surface area (Å²) in [6, 6.07) is 0.447. The number of allylic oxidation sites excluding steroid dienone is 1. The minimum atomic E-state index is -0.390. The fourth-order valence-electron chi connectivity index (χ4n) is 4.32. The molecular formula is C22H35N3O4S. The highest BCUT2D eigenvalue weighted by atomic mass is 32.2. The number of hydrogen-bond donors (Lipinski definition) is 3. The van der Waals surface area contributed by atoms with E-state index in [1.165, 1.54) is 12.8 Å². The van der Waals surface area contributed by atoms with Gasteiger partial charge in [0.2, 0.25) is 0 Å². The molecule has 0 aromatic heterocycles. The normalized spacial score (nSPS) is 29.1. The Hall–Kier alpha value is -1.70. The monoisotopic (exact) mass is 437 g/mol. The van der Waals surface area contributed by atoms with Crippen molar-refractivity contribution in [3.05, 3.63) is 12.2 Å². The topological polar surface area (TPSA) is 96.5 Å². The van der Waals surface area contributed by atoms with E-state index < -0.39 is 6.09 Å². The van der Waals surface area contributed by atoms with Crippen molar-refractivity contribution < 1.29 is 19.1 Å². The maximum absolute atomic E-state index is 12.1. The number of ketones is 1. The molecule has 2 fully saturated rings. The highest BCUT2D eigenvalue weighted by Crippen LogP contribution is 2.33. The molecule has 3 N–H and O–H groups in total. The highest BCUT2D eigenvalue weighted by Gasteiger charge is 2.42. The summed E-state index contributed by atoms with van der Waals surface area (Å²) in [6.07, 6.45) is 13.6. The molecule has 0 bridgehead atoms. The zero-order chi connectivity index (χ0) is 21.2. The Kier molecular flexibility index (Phi) is 9.36. The van der Waals surface area contributed by atoms with Crippen LogP contribution < -0.4 is 16.0 Å². The van der Waals surface area contributed by atoms with E-state index in [0.717, 1.165) is 44.3 Å². The molecule has 0 saturated carbocycles. The first-order valence-electron chi connectivity index (χ1n) is 11.4. The SMILES string of the molecule is O=C(CCCCC1SCC2NC(=O)NC21)CCCNC(=O)OC1/C=C/CCCCC1. The largest absolute Gasteiger partial charge is 0.442 e. The quantitative estimate of drug-likeness (QED) is 0.275. The summed E-state index contributed by atoms with van der Waals surface area (Å²) in [5, 5.41) is 9.17. The molecule has 1 aliphatic carbocycles. The van der Waals surface area contributed by atoms with Gasteiger partial charge < -0.3 is 20.7 Å². The number of nitrogens with one attached hydrogen (secondary N) is 3. The third-order valence-corrected chi connectivity index (χ3v) is 7.51. The van der Waals surface area contributed by atoms with Crippen molar-refractivity contribution in [3.63, 3.8) is 0 Å². The minimum Gasteiger partial charge on any atom is -0.442 e. The van der Waals surface area contributed by atoms with Crippen molar-refractivity contribution in [1.29, 1.82) is 0 Å². The Balaban J connectivity index is 1.19. The Labute approximate surface area is 183 Å². The Morgan fingerprint density at radius 2 is 2.00 bits per heavy atom. The number of carbonyl (C=O) groups excluding carboxylic acids is 3. The molecule has 4 unspecified atom stereocenters. The fraction of sp³-hybridized carbons (Fsp3) is 0.773. The van der Waals surface area contributed by atoms with Crippen molar-refractivity contribution >= 4 is 29.7 Å². The Morgan fingerprint density at radius 1 is 1.13 bits per heavy atom. The lowest BCUT2D eigenvalue weighted by atomic mass is 10.0. The Morgan fingerprint density at radius 3 is 2.90 bits per heavy atom. The number of alkyl carbamates (subject to hydrolysis) is 1. The van der Waals surface area contributed by atoms with Gasteiger partial charge in [-0.05, 0) is 51.0 Å². The number of fused-ring (bicyclic) bond motifs is 1. The van der Waals surface area contributed by atoms with E-state index in [1.807, 2.05) is 17.8 Å². The van der Waals surface area contributed by atoms with Crippen LogP contribution in [0.25, 0.3) is 0 Å². The first-order valence-corrected chi connectivity index (χ1v) is 12.5. The molecule has 7 nitrogen and oxygen atoms in total. The second kappa shape index (κ2) is 12.2. The van der Waals surface area contributed by atoms with Crippen molar-refractivity contribution in [2.75, 3.05) is 12.3 Å². The second-order valence-electron chi connectivity index (χ2n) is 8.45. The summed E-state index contributed by atoms with van der Waals surface area (Å²) >= 11 is 1.91. The third kappa shape index (κ3) is 7.52. The number of thioether (sulfide) groups is 1. The van der Waals surface area contributed by atoms with Crippen LogP contribution >= 0.6 is 11.8 Å². The van der Waals surface area contributed by atoms with Gasteiger partial charge in [0.25, 0.3) is 0 Å². The van der Waals surface area contributed by atoms with Crippen molar-refractivity contribution in [2.24, 2.45) is 0 Å². The summed E-state index contributed by atoms with van der Waals surface area (Å²) in [5.41, 5.74) is 0. The van der Waals surface area contributed by atoms with Crippen LogP contribution in [0.4, 0.5) is 9.59 Å². The number of urea groups is 1. The van der Waals surface area contributed by atoms with E-state index in [0.29, 0.717) is 31.1 Å². The number of amides is 3. The number of unbranched alkanes of at least 4 members (excludes halogenated alkanes) is 1. The van der Waals surface area contributed by atoms with Crippen molar-refractivity contribution in [2.45, 2.75) is 94.1 Å². The van der Waals surface area contributed by atoms with E-state index >= 15 is 0 Å². The van der Waals surface area contributed by atoms with Crippen LogP contribution in [0.3, 0.4) is 0 Å². The minimum absolute atomic E-state index is 0.0517.